The Balaban J connectivity index is 1.86. The first kappa shape index (κ1) is 18.5. The van der Waals surface area contributed by atoms with Crippen LogP contribution in [0.25, 0.3) is 0 Å². The quantitative estimate of drug-likeness (QED) is 0.557. The number of anilines is 1. The van der Waals surface area contributed by atoms with Gasteiger partial charge in [0.25, 0.3) is 0 Å². The predicted octanol–water partition coefficient (Wildman–Crippen LogP) is 5.63. The van der Waals surface area contributed by atoms with Gasteiger partial charge in [-0.25, -0.2) is 0 Å². The van der Waals surface area contributed by atoms with E-state index in [2.05, 4.69) is 54.7 Å². The van der Waals surface area contributed by atoms with E-state index in [0.717, 1.165) is 28.3 Å². The standard InChI is InChI=1S/C25H24NOP/c1-20-16-18-22(19-17-20)26-25(21-10-8-9-11-21)28(27,23-12-4-2-5-13-23)24-14-6-3-7-15-24/h2-10,12-19,25-26H,11H2,1H3. The van der Waals surface area contributed by atoms with Crippen molar-refractivity contribution in [3.8, 4) is 0 Å². The fraction of sp³-hybridized carbons (Fsp3) is 0.120. The number of aryl methyl sites for hydroxylation is 1. The summed E-state index contributed by atoms with van der Waals surface area (Å²) in [5, 5.41) is 5.36. The summed E-state index contributed by atoms with van der Waals surface area (Å²) >= 11 is 0. The van der Waals surface area contributed by atoms with E-state index in [1.165, 1.54) is 5.56 Å². The van der Waals surface area contributed by atoms with E-state index in [1.54, 1.807) is 0 Å². The Morgan fingerprint density at radius 3 is 1.89 bits per heavy atom. The summed E-state index contributed by atoms with van der Waals surface area (Å²) in [4.78, 5) is 0. The Labute approximate surface area is 167 Å². The molecule has 0 spiro atoms. The van der Waals surface area contributed by atoms with Gasteiger partial charge in [-0.3, -0.25) is 0 Å². The normalized spacial score (nSPS) is 14.5. The number of hydrogen-bond donors (Lipinski definition) is 1. The molecule has 3 heteroatoms. The van der Waals surface area contributed by atoms with E-state index in [4.69, 9.17) is 0 Å². The lowest BCUT2D eigenvalue weighted by atomic mass is 10.2. The monoisotopic (exact) mass is 385 g/mol. The molecule has 0 bridgehead atoms. The van der Waals surface area contributed by atoms with Gasteiger partial charge in [0, 0.05) is 16.3 Å². The van der Waals surface area contributed by atoms with Crippen LogP contribution in [0.1, 0.15) is 12.0 Å². The molecule has 3 aromatic rings. The average molecular weight is 385 g/mol. The molecule has 0 aromatic heterocycles. The zero-order valence-corrected chi connectivity index (χ0v) is 16.8. The highest BCUT2D eigenvalue weighted by molar-refractivity contribution is 7.79. The first-order valence-corrected chi connectivity index (χ1v) is 11.4. The zero-order valence-electron chi connectivity index (χ0n) is 16.0. The molecule has 0 saturated heterocycles. The minimum atomic E-state index is -2.98. The van der Waals surface area contributed by atoms with Gasteiger partial charge in [0.2, 0.25) is 0 Å². The van der Waals surface area contributed by atoms with Gasteiger partial charge in [0.15, 0.2) is 7.14 Å². The van der Waals surface area contributed by atoms with Gasteiger partial charge in [-0.2, -0.15) is 0 Å². The fourth-order valence-electron chi connectivity index (χ4n) is 3.64. The third-order valence-corrected chi connectivity index (χ3v) is 8.47. The Kier molecular flexibility index (Phi) is 5.32. The highest BCUT2D eigenvalue weighted by Crippen LogP contribution is 2.52. The van der Waals surface area contributed by atoms with Crippen LogP contribution < -0.4 is 15.9 Å². The molecule has 1 unspecified atom stereocenters. The summed E-state index contributed by atoms with van der Waals surface area (Å²) in [5.41, 5.74) is 3.34. The molecule has 0 amide bonds. The van der Waals surface area contributed by atoms with Gasteiger partial charge in [0.05, 0.1) is 0 Å². The van der Waals surface area contributed by atoms with Crippen LogP contribution in [0.3, 0.4) is 0 Å². The van der Waals surface area contributed by atoms with E-state index in [-0.39, 0.29) is 5.78 Å². The van der Waals surface area contributed by atoms with Gasteiger partial charge in [-0.15, -0.1) is 0 Å². The van der Waals surface area contributed by atoms with Crippen molar-refractivity contribution in [1.29, 1.82) is 0 Å². The summed E-state index contributed by atoms with van der Waals surface area (Å²) < 4.78 is 14.8. The second-order valence-electron chi connectivity index (χ2n) is 7.12. The highest BCUT2D eigenvalue weighted by atomic mass is 31.2. The summed E-state index contributed by atoms with van der Waals surface area (Å²) in [6.07, 6.45) is 7.09. The molecule has 3 aromatic carbocycles. The van der Waals surface area contributed by atoms with Crippen LogP contribution in [-0.2, 0) is 4.57 Å². The van der Waals surface area contributed by atoms with Crippen LogP contribution in [0, 0.1) is 6.92 Å². The molecule has 4 rings (SSSR count). The summed E-state index contributed by atoms with van der Waals surface area (Å²) in [6, 6.07) is 28.0. The van der Waals surface area contributed by atoms with E-state index in [0.29, 0.717) is 0 Å². The number of rotatable bonds is 6. The first-order chi connectivity index (χ1) is 13.7. The fourth-order valence-corrected chi connectivity index (χ4v) is 6.75. The Morgan fingerprint density at radius 2 is 1.39 bits per heavy atom. The van der Waals surface area contributed by atoms with Crippen LogP contribution in [0.15, 0.2) is 109 Å². The molecule has 1 aliphatic rings. The van der Waals surface area contributed by atoms with Crippen LogP contribution in [0.2, 0.25) is 0 Å². The SMILES string of the molecule is Cc1ccc(NC(C2=CC=CC2)P(=O)(c2ccccc2)c2ccccc2)cc1. The maximum atomic E-state index is 14.8. The number of allylic oxidation sites excluding steroid dienone is 3. The molecule has 1 N–H and O–H groups in total. The van der Waals surface area contributed by atoms with Crippen molar-refractivity contribution in [2.24, 2.45) is 0 Å². The van der Waals surface area contributed by atoms with Gasteiger partial charge >= 0.3 is 0 Å². The van der Waals surface area contributed by atoms with E-state index in [9.17, 15) is 4.57 Å². The van der Waals surface area contributed by atoms with Gasteiger partial charge in [-0.1, -0.05) is 96.6 Å². The van der Waals surface area contributed by atoms with Gasteiger partial charge in [0.1, 0.15) is 5.78 Å². The van der Waals surface area contributed by atoms with Crippen molar-refractivity contribution < 1.29 is 4.57 Å². The van der Waals surface area contributed by atoms with Crippen molar-refractivity contribution in [3.05, 3.63) is 114 Å². The molecule has 1 aliphatic carbocycles. The lowest BCUT2D eigenvalue weighted by Crippen LogP contribution is -2.32. The largest absolute Gasteiger partial charge is 0.371 e. The molecule has 28 heavy (non-hydrogen) atoms. The highest BCUT2D eigenvalue weighted by Gasteiger charge is 2.39. The summed E-state index contributed by atoms with van der Waals surface area (Å²) in [7, 11) is -2.98. The van der Waals surface area contributed by atoms with Crippen molar-refractivity contribution >= 4 is 23.4 Å². The smallest absolute Gasteiger partial charge is 0.168 e. The lowest BCUT2D eigenvalue weighted by molar-refractivity contribution is 0.583. The number of hydrogen-bond acceptors (Lipinski definition) is 2. The molecular weight excluding hydrogens is 361 g/mol. The second kappa shape index (κ2) is 8.04. The first-order valence-electron chi connectivity index (χ1n) is 9.58. The van der Waals surface area contributed by atoms with E-state index >= 15 is 0 Å². The topological polar surface area (TPSA) is 29.1 Å². The van der Waals surface area contributed by atoms with Gasteiger partial charge in [-0.05, 0) is 31.1 Å². The number of benzene rings is 3. The third kappa shape index (κ3) is 3.61. The molecule has 0 radical (unpaired) electrons. The van der Waals surface area contributed by atoms with Crippen LogP contribution in [0.4, 0.5) is 5.69 Å². The molecule has 2 nitrogen and oxygen atoms in total. The third-order valence-electron chi connectivity index (χ3n) is 5.15. The minimum Gasteiger partial charge on any atom is -0.371 e. The van der Waals surface area contributed by atoms with Crippen molar-refractivity contribution in [2.45, 2.75) is 19.1 Å². The van der Waals surface area contributed by atoms with Crippen molar-refractivity contribution in [2.75, 3.05) is 5.32 Å². The van der Waals surface area contributed by atoms with Crippen molar-refractivity contribution in [1.82, 2.24) is 0 Å². The minimum absolute atomic E-state index is 0.296. The summed E-state index contributed by atoms with van der Waals surface area (Å²) in [6.45, 7) is 2.07. The molecule has 0 saturated carbocycles. The van der Waals surface area contributed by atoms with Crippen molar-refractivity contribution in [3.63, 3.8) is 0 Å². The lowest BCUT2D eigenvalue weighted by Gasteiger charge is -2.31. The molecule has 140 valence electrons. The molecular formula is C25H24NOP. The van der Waals surface area contributed by atoms with Crippen LogP contribution in [-0.4, -0.2) is 5.78 Å². The van der Waals surface area contributed by atoms with Gasteiger partial charge < -0.3 is 9.88 Å². The maximum absolute atomic E-state index is 14.8. The van der Waals surface area contributed by atoms with E-state index in [1.807, 2.05) is 60.7 Å². The molecule has 0 heterocycles. The predicted molar refractivity (Wildman–Crippen MR) is 120 cm³/mol. The molecule has 1 atom stereocenters. The second-order valence-corrected chi connectivity index (χ2v) is 9.98. The number of nitrogens with one attached hydrogen (secondary N) is 1. The maximum Gasteiger partial charge on any atom is 0.168 e. The summed E-state index contributed by atoms with van der Waals surface area (Å²) in [5.74, 6) is -0.296. The van der Waals surface area contributed by atoms with Crippen LogP contribution >= 0.6 is 7.14 Å². The average Bonchev–Trinajstić information content (AvgIpc) is 3.28. The molecule has 0 aliphatic heterocycles. The van der Waals surface area contributed by atoms with E-state index < -0.39 is 7.14 Å². The Bertz CT molecular complexity index is 993. The van der Waals surface area contributed by atoms with Crippen LogP contribution in [0.5, 0.6) is 0 Å². The Hall–Kier alpha value is -2.83. The molecule has 0 fully saturated rings. The Morgan fingerprint density at radius 1 is 0.821 bits per heavy atom. The zero-order chi connectivity index (χ0) is 19.4.